The fourth-order valence-electron chi connectivity index (χ4n) is 3.22. The van der Waals surface area contributed by atoms with Crippen molar-refractivity contribution in [1.29, 1.82) is 0 Å². The second-order valence-corrected chi connectivity index (χ2v) is 7.49. The number of halogens is 1. The molecule has 3 aromatic rings. The van der Waals surface area contributed by atoms with Gasteiger partial charge in [0.25, 0.3) is 0 Å². The van der Waals surface area contributed by atoms with Gasteiger partial charge in [-0.1, -0.05) is 72.3 Å². The van der Waals surface area contributed by atoms with E-state index in [1.54, 1.807) is 47.4 Å². The summed E-state index contributed by atoms with van der Waals surface area (Å²) in [6.07, 6.45) is 0.105. The first-order valence-corrected chi connectivity index (χ1v) is 10.3. The van der Waals surface area contributed by atoms with Crippen molar-refractivity contribution in [2.24, 2.45) is 0 Å². The number of ketones is 1. The van der Waals surface area contributed by atoms with Gasteiger partial charge in [0.1, 0.15) is 0 Å². The third-order valence-electron chi connectivity index (χ3n) is 4.73. The van der Waals surface area contributed by atoms with Crippen LogP contribution in [0.25, 0.3) is 0 Å². The van der Waals surface area contributed by atoms with Crippen molar-refractivity contribution < 1.29 is 14.4 Å². The van der Waals surface area contributed by atoms with Crippen molar-refractivity contribution in [1.82, 2.24) is 5.32 Å². The minimum absolute atomic E-state index is 0.105. The molecule has 5 nitrogen and oxygen atoms in total. The molecule has 0 spiro atoms. The van der Waals surface area contributed by atoms with E-state index in [0.29, 0.717) is 21.8 Å². The number of carbonyl (C=O) groups is 3. The van der Waals surface area contributed by atoms with Crippen LogP contribution in [0.15, 0.2) is 78.9 Å². The summed E-state index contributed by atoms with van der Waals surface area (Å²) in [6, 6.07) is 23.4. The number of nitrogens with zero attached hydrogens (tertiary/aromatic N) is 1. The average Bonchev–Trinajstić information content (AvgIpc) is 2.78. The molecule has 0 fully saturated rings. The predicted molar refractivity (Wildman–Crippen MR) is 122 cm³/mol. The third-order valence-corrected chi connectivity index (χ3v) is 4.96. The molecule has 2 amide bonds. The molecule has 3 aromatic carbocycles. The first kappa shape index (κ1) is 22.2. The van der Waals surface area contributed by atoms with Crippen LogP contribution in [0, 0.1) is 0 Å². The quantitative estimate of drug-likeness (QED) is 0.525. The van der Waals surface area contributed by atoms with Crippen LogP contribution in [0.4, 0.5) is 5.69 Å². The van der Waals surface area contributed by atoms with Crippen molar-refractivity contribution in [3.8, 4) is 0 Å². The third kappa shape index (κ3) is 6.03. The molecule has 0 bridgehead atoms. The Labute approximate surface area is 186 Å². The second kappa shape index (κ2) is 10.5. The number of rotatable bonds is 8. The zero-order valence-corrected chi connectivity index (χ0v) is 17.9. The number of carbonyl (C=O) groups excluding carboxylic acids is 3. The number of benzene rings is 3. The molecule has 0 heterocycles. The Kier molecular flexibility index (Phi) is 7.57. The van der Waals surface area contributed by atoms with Crippen LogP contribution in [0.2, 0.25) is 5.02 Å². The number of hydrogen-bond acceptors (Lipinski definition) is 3. The molecule has 0 saturated heterocycles. The first-order chi connectivity index (χ1) is 15.0. The van der Waals surface area contributed by atoms with E-state index < -0.39 is 0 Å². The Morgan fingerprint density at radius 3 is 2.19 bits per heavy atom. The van der Waals surface area contributed by atoms with Crippen LogP contribution >= 0.6 is 11.6 Å². The SMILES string of the molecule is CC(=O)NCCC(=O)N(Cc1ccccc1)c1ccc(Cl)cc1C(=O)c1ccccc1. The van der Waals surface area contributed by atoms with Gasteiger partial charge >= 0.3 is 0 Å². The lowest BCUT2D eigenvalue weighted by Crippen LogP contribution is -2.34. The Balaban J connectivity index is 2.00. The van der Waals surface area contributed by atoms with Crippen molar-refractivity contribution in [3.05, 3.63) is 101 Å². The predicted octanol–water partition coefficient (Wildman–Crippen LogP) is 4.63. The van der Waals surface area contributed by atoms with Crippen LogP contribution in [-0.4, -0.2) is 24.1 Å². The molecule has 0 atom stereocenters. The Morgan fingerprint density at radius 2 is 1.55 bits per heavy atom. The highest BCUT2D eigenvalue weighted by Crippen LogP contribution is 2.29. The molecule has 0 aromatic heterocycles. The highest BCUT2D eigenvalue weighted by Gasteiger charge is 2.23. The van der Waals surface area contributed by atoms with Gasteiger partial charge in [0.05, 0.1) is 12.2 Å². The van der Waals surface area contributed by atoms with Gasteiger partial charge in [-0.25, -0.2) is 0 Å². The lowest BCUT2D eigenvalue weighted by Gasteiger charge is -2.25. The summed E-state index contributed by atoms with van der Waals surface area (Å²) >= 11 is 6.21. The second-order valence-electron chi connectivity index (χ2n) is 7.06. The zero-order chi connectivity index (χ0) is 22.2. The molecule has 1 N–H and O–H groups in total. The smallest absolute Gasteiger partial charge is 0.229 e. The maximum absolute atomic E-state index is 13.2. The maximum atomic E-state index is 13.2. The van der Waals surface area contributed by atoms with E-state index in [0.717, 1.165) is 5.56 Å². The molecule has 31 heavy (non-hydrogen) atoms. The first-order valence-electron chi connectivity index (χ1n) is 9.93. The van der Waals surface area contributed by atoms with E-state index in [-0.39, 0.29) is 37.1 Å². The number of hydrogen-bond donors (Lipinski definition) is 1. The monoisotopic (exact) mass is 434 g/mol. The fraction of sp³-hybridized carbons (Fsp3) is 0.160. The molecular weight excluding hydrogens is 412 g/mol. The van der Waals surface area contributed by atoms with Crippen molar-refractivity contribution in [2.45, 2.75) is 19.9 Å². The minimum atomic E-state index is -0.217. The lowest BCUT2D eigenvalue weighted by molar-refractivity contribution is -0.120. The highest BCUT2D eigenvalue weighted by molar-refractivity contribution is 6.31. The highest BCUT2D eigenvalue weighted by atomic mass is 35.5. The molecule has 0 radical (unpaired) electrons. The van der Waals surface area contributed by atoms with Gasteiger partial charge in [0.15, 0.2) is 5.78 Å². The van der Waals surface area contributed by atoms with Gasteiger partial charge in [0.2, 0.25) is 11.8 Å². The standard InChI is InChI=1S/C25H23ClN2O3/c1-18(29)27-15-14-24(30)28(17-19-8-4-2-5-9-19)23-13-12-21(26)16-22(23)25(31)20-10-6-3-7-11-20/h2-13,16H,14-15,17H2,1H3,(H,27,29). The molecular formula is C25H23ClN2O3. The number of amides is 2. The van der Waals surface area contributed by atoms with E-state index >= 15 is 0 Å². The van der Waals surface area contributed by atoms with E-state index in [1.807, 2.05) is 36.4 Å². The van der Waals surface area contributed by atoms with Gasteiger partial charge in [-0.3, -0.25) is 14.4 Å². The molecule has 158 valence electrons. The number of anilines is 1. The largest absolute Gasteiger partial charge is 0.356 e. The Bertz CT molecular complexity index is 1070. The summed E-state index contributed by atoms with van der Waals surface area (Å²) in [4.78, 5) is 39.2. The molecule has 3 rings (SSSR count). The summed E-state index contributed by atoms with van der Waals surface area (Å²) in [6.45, 7) is 1.91. The van der Waals surface area contributed by atoms with Gasteiger partial charge in [-0.15, -0.1) is 0 Å². The molecule has 0 unspecified atom stereocenters. The van der Waals surface area contributed by atoms with Crippen LogP contribution in [0.3, 0.4) is 0 Å². The van der Waals surface area contributed by atoms with Gasteiger partial charge in [-0.05, 0) is 23.8 Å². The summed E-state index contributed by atoms with van der Waals surface area (Å²) in [5, 5.41) is 3.06. The molecule has 6 heteroatoms. The molecule has 0 aliphatic rings. The minimum Gasteiger partial charge on any atom is -0.356 e. The van der Waals surface area contributed by atoms with E-state index in [4.69, 9.17) is 11.6 Å². The summed E-state index contributed by atoms with van der Waals surface area (Å²) in [5.74, 6) is -0.623. The lowest BCUT2D eigenvalue weighted by atomic mass is 10.0. The normalized spacial score (nSPS) is 10.4. The van der Waals surface area contributed by atoms with Crippen LogP contribution < -0.4 is 10.2 Å². The van der Waals surface area contributed by atoms with Gasteiger partial charge in [0, 0.05) is 36.0 Å². The summed E-state index contributed by atoms with van der Waals surface area (Å²) in [5.41, 5.74) is 2.26. The zero-order valence-electron chi connectivity index (χ0n) is 17.2. The fourth-order valence-corrected chi connectivity index (χ4v) is 3.40. The number of nitrogens with one attached hydrogen (secondary N) is 1. The van der Waals surface area contributed by atoms with Crippen molar-refractivity contribution in [3.63, 3.8) is 0 Å². The molecule has 0 aliphatic carbocycles. The van der Waals surface area contributed by atoms with Gasteiger partial charge < -0.3 is 10.2 Å². The topological polar surface area (TPSA) is 66.5 Å². The average molecular weight is 435 g/mol. The molecule has 0 aliphatic heterocycles. The van der Waals surface area contributed by atoms with Crippen molar-refractivity contribution in [2.75, 3.05) is 11.4 Å². The van der Waals surface area contributed by atoms with E-state index in [9.17, 15) is 14.4 Å². The van der Waals surface area contributed by atoms with E-state index in [2.05, 4.69) is 5.32 Å². The summed E-state index contributed by atoms with van der Waals surface area (Å²) in [7, 11) is 0. The van der Waals surface area contributed by atoms with Crippen LogP contribution in [-0.2, 0) is 16.1 Å². The summed E-state index contributed by atoms with van der Waals surface area (Å²) < 4.78 is 0. The van der Waals surface area contributed by atoms with Crippen molar-refractivity contribution >= 4 is 34.9 Å². The maximum Gasteiger partial charge on any atom is 0.229 e. The van der Waals surface area contributed by atoms with Crippen LogP contribution in [0.1, 0.15) is 34.8 Å². The Morgan fingerprint density at radius 1 is 0.903 bits per heavy atom. The van der Waals surface area contributed by atoms with E-state index in [1.165, 1.54) is 6.92 Å². The van der Waals surface area contributed by atoms with Crippen LogP contribution in [0.5, 0.6) is 0 Å². The Hall–Kier alpha value is -3.44. The molecule has 0 saturated carbocycles. The van der Waals surface area contributed by atoms with Gasteiger partial charge in [-0.2, -0.15) is 0 Å².